The summed E-state index contributed by atoms with van der Waals surface area (Å²) in [6, 6.07) is 7.78. The maximum Gasteiger partial charge on any atom is 0.191 e. The van der Waals surface area contributed by atoms with E-state index < -0.39 is 9.84 Å². The minimum atomic E-state index is -2.94. The van der Waals surface area contributed by atoms with E-state index in [0.717, 1.165) is 17.9 Å². The van der Waals surface area contributed by atoms with Gasteiger partial charge in [0.1, 0.15) is 15.6 Å². The van der Waals surface area contributed by atoms with Crippen molar-refractivity contribution in [3.63, 3.8) is 0 Å². The zero-order valence-corrected chi connectivity index (χ0v) is 15.1. The maximum atomic E-state index is 11.2. The maximum absolute atomic E-state index is 11.2. The van der Waals surface area contributed by atoms with Gasteiger partial charge >= 0.3 is 0 Å². The summed E-state index contributed by atoms with van der Waals surface area (Å²) in [6.07, 6.45) is 1.80. The molecule has 0 heterocycles. The molecule has 0 saturated carbocycles. The predicted molar refractivity (Wildman–Crippen MR) is 94.7 cm³/mol. The van der Waals surface area contributed by atoms with E-state index in [0.29, 0.717) is 18.9 Å². The first-order chi connectivity index (χ1) is 10.8. The molecule has 1 rings (SSSR count). The molecule has 7 heteroatoms. The van der Waals surface area contributed by atoms with Gasteiger partial charge < -0.3 is 15.4 Å². The molecule has 1 aromatic rings. The molecule has 1 aromatic carbocycles. The van der Waals surface area contributed by atoms with E-state index in [2.05, 4.69) is 15.6 Å². The van der Waals surface area contributed by atoms with Crippen LogP contribution in [-0.2, 0) is 16.4 Å². The van der Waals surface area contributed by atoms with Gasteiger partial charge in [-0.1, -0.05) is 12.1 Å². The minimum Gasteiger partial charge on any atom is -0.497 e. The van der Waals surface area contributed by atoms with Gasteiger partial charge in [0.25, 0.3) is 0 Å². The van der Waals surface area contributed by atoms with Gasteiger partial charge in [0.05, 0.1) is 19.4 Å². The van der Waals surface area contributed by atoms with Crippen molar-refractivity contribution in [2.75, 3.05) is 25.7 Å². The summed E-state index contributed by atoms with van der Waals surface area (Å²) in [5.41, 5.74) is 1.05. The van der Waals surface area contributed by atoms with Crippen molar-refractivity contribution in [2.45, 2.75) is 32.9 Å². The lowest BCUT2D eigenvalue weighted by molar-refractivity contribution is 0.414. The van der Waals surface area contributed by atoms with Crippen molar-refractivity contribution in [1.82, 2.24) is 10.6 Å². The number of benzene rings is 1. The third-order valence-corrected chi connectivity index (χ3v) is 4.18. The van der Waals surface area contributed by atoms with Gasteiger partial charge in [0.2, 0.25) is 0 Å². The lowest BCUT2D eigenvalue weighted by Gasteiger charge is -2.17. The Morgan fingerprint density at radius 3 is 2.74 bits per heavy atom. The van der Waals surface area contributed by atoms with E-state index >= 15 is 0 Å². The molecule has 0 aliphatic carbocycles. The molecule has 0 bridgehead atoms. The van der Waals surface area contributed by atoms with Crippen molar-refractivity contribution in [3.8, 4) is 5.75 Å². The fourth-order valence-electron chi connectivity index (χ4n) is 1.96. The van der Waals surface area contributed by atoms with Crippen LogP contribution in [0.5, 0.6) is 5.75 Å². The van der Waals surface area contributed by atoms with Gasteiger partial charge in [0, 0.05) is 18.8 Å². The lowest BCUT2D eigenvalue weighted by atomic mass is 10.2. The average Bonchev–Trinajstić information content (AvgIpc) is 2.50. The zero-order valence-electron chi connectivity index (χ0n) is 14.3. The third kappa shape index (κ3) is 8.44. The Balaban J connectivity index is 2.65. The smallest absolute Gasteiger partial charge is 0.191 e. The molecule has 1 atom stereocenters. The number of hydrogen-bond donors (Lipinski definition) is 2. The van der Waals surface area contributed by atoms with Crippen LogP contribution in [-0.4, -0.2) is 46.1 Å². The Bertz CT molecular complexity index is 615. The first-order valence-corrected chi connectivity index (χ1v) is 9.75. The second kappa shape index (κ2) is 9.39. The molecule has 0 fully saturated rings. The number of ether oxygens (including phenoxy) is 1. The van der Waals surface area contributed by atoms with Crippen LogP contribution >= 0.6 is 0 Å². The van der Waals surface area contributed by atoms with E-state index in [1.54, 1.807) is 7.11 Å². The number of nitrogens with zero attached hydrogens (tertiary/aromatic N) is 1. The molecule has 1 unspecified atom stereocenters. The Kier molecular flexibility index (Phi) is 7.88. The van der Waals surface area contributed by atoms with E-state index in [-0.39, 0.29) is 11.8 Å². The normalized spacial score (nSPS) is 13.5. The highest BCUT2D eigenvalue weighted by Crippen LogP contribution is 2.13. The first-order valence-electron chi connectivity index (χ1n) is 7.69. The lowest BCUT2D eigenvalue weighted by Crippen LogP contribution is -2.42. The van der Waals surface area contributed by atoms with Crippen LogP contribution in [0.1, 0.15) is 25.8 Å². The van der Waals surface area contributed by atoms with Crippen molar-refractivity contribution >= 4 is 15.8 Å². The standard InChI is InChI=1S/C16H27N3O3S/c1-5-17-16(19-13(2)9-10-23(4,20)21)18-12-14-7-6-8-15(11-14)22-3/h6-8,11,13H,5,9-10,12H2,1-4H3,(H2,17,18,19). The summed E-state index contributed by atoms with van der Waals surface area (Å²) in [5.74, 6) is 1.64. The average molecular weight is 341 g/mol. The summed E-state index contributed by atoms with van der Waals surface area (Å²) < 4.78 is 27.7. The van der Waals surface area contributed by atoms with Crippen molar-refractivity contribution < 1.29 is 13.2 Å². The van der Waals surface area contributed by atoms with Crippen LogP contribution in [0, 0.1) is 0 Å². The number of sulfone groups is 1. The van der Waals surface area contributed by atoms with Crippen molar-refractivity contribution in [3.05, 3.63) is 29.8 Å². The monoisotopic (exact) mass is 341 g/mol. The molecule has 130 valence electrons. The molecule has 0 spiro atoms. The first kappa shape index (κ1) is 19.3. The summed E-state index contributed by atoms with van der Waals surface area (Å²) >= 11 is 0. The van der Waals surface area contributed by atoms with Gasteiger partial charge in [-0.15, -0.1) is 0 Å². The fourth-order valence-corrected chi connectivity index (χ4v) is 2.74. The van der Waals surface area contributed by atoms with Gasteiger partial charge in [-0.05, 0) is 38.0 Å². The molecule has 0 aliphatic rings. The summed E-state index contributed by atoms with van der Waals surface area (Å²) in [5, 5.41) is 6.40. The molecular weight excluding hydrogens is 314 g/mol. The van der Waals surface area contributed by atoms with Gasteiger partial charge in [-0.25, -0.2) is 13.4 Å². The van der Waals surface area contributed by atoms with Crippen LogP contribution in [0.4, 0.5) is 0 Å². The molecule has 2 N–H and O–H groups in total. The Morgan fingerprint density at radius 2 is 2.13 bits per heavy atom. The number of hydrogen-bond acceptors (Lipinski definition) is 4. The molecule has 6 nitrogen and oxygen atoms in total. The predicted octanol–water partition coefficient (Wildman–Crippen LogP) is 1.57. The highest BCUT2D eigenvalue weighted by molar-refractivity contribution is 7.90. The number of rotatable bonds is 8. The molecule has 0 radical (unpaired) electrons. The van der Waals surface area contributed by atoms with Gasteiger partial charge in [-0.3, -0.25) is 0 Å². The molecule has 23 heavy (non-hydrogen) atoms. The minimum absolute atomic E-state index is 0.0211. The summed E-state index contributed by atoms with van der Waals surface area (Å²) in [6.45, 7) is 5.20. The van der Waals surface area contributed by atoms with Gasteiger partial charge in [0.15, 0.2) is 5.96 Å². The SMILES string of the molecule is CCNC(=NCc1cccc(OC)c1)NC(C)CCS(C)(=O)=O. The Labute approximate surface area is 139 Å². The van der Waals surface area contributed by atoms with Crippen molar-refractivity contribution in [1.29, 1.82) is 0 Å². The van der Waals surface area contributed by atoms with E-state index in [9.17, 15) is 8.42 Å². The number of aliphatic imine (C=N–C) groups is 1. The van der Waals surface area contributed by atoms with Crippen molar-refractivity contribution in [2.24, 2.45) is 4.99 Å². The molecule has 0 amide bonds. The van der Waals surface area contributed by atoms with E-state index in [4.69, 9.17) is 4.74 Å². The van der Waals surface area contributed by atoms with Gasteiger partial charge in [-0.2, -0.15) is 0 Å². The molecule has 0 aliphatic heterocycles. The molecular formula is C16H27N3O3S. The third-order valence-electron chi connectivity index (χ3n) is 3.20. The second-order valence-electron chi connectivity index (χ2n) is 5.51. The number of guanidine groups is 1. The van der Waals surface area contributed by atoms with Crippen LogP contribution in [0.3, 0.4) is 0 Å². The van der Waals surface area contributed by atoms with Crippen LogP contribution in [0.2, 0.25) is 0 Å². The fraction of sp³-hybridized carbons (Fsp3) is 0.562. The highest BCUT2D eigenvalue weighted by Gasteiger charge is 2.09. The largest absolute Gasteiger partial charge is 0.497 e. The zero-order chi connectivity index (χ0) is 17.3. The quantitative estimate of drug-likeness (QED) is 0.554. The molecule has 0 aromatic heterocycles. The Hall–Kier alpha value is -1.76. The summed E-state index contributed by atoms with van der Waals surface area (Å²) in [7, 11) is -1.31. The highest BCUT2D eigenvalue weighted by atomic mass is 32.2. The van der Waals surface area contributed by atoms with Crippen LogP contribution in [0.15, 0.2) is 29.3 Å². The van der Waals surface area contributed by atoms with Crippen LogP contribution in [0.25, 0.3) is 0 Å². The molecule has 0 saturated heterocycles. The number of nitrogens with one attached hydrogen (secondary N) is 2. The van der Waals surface area contributed by atoms with Crippen LogP contribution < -0.4 is 15.4 Å². The summed E-state index contributed by atoms with van der Waals surface area (Å²) in [4.78, 5) is 4.53. The Morgan fingerprint density at radius 1 is 1.39 bits per heavy atom. The second-order valence-corrected chi connectivity index (χ2v) is 7.77. The number of methoxy groups -OCH3 is 1. The van der Waals surface area contributed by atoms with E-state index in [1.165, 1.54) is 6.26 Å². The topological polar surface area (TPSA) is 79.8 Å². The van der Waals surface area contributed by atoms with E-state index in [1.807, 2.05) is 38.1 Å².